The van der Waals surface area contributed by atoms with Crippen molar-refractivity contribution in [3.8, 4) is 0 Å². The van der Waals surface area contributed by atoms with Crippen LogP contribution in [0.15, 0.2) is 29.5 Å². The molecule has 0 saturated carbocycles. The second-order valence-electron chi connectivity index (χ2n) is 3.60. The number of hydrazone groups is 1. The van der Waals surface area contributed by atoms with Gasteiger partial charge in [-0.2, -0.15) is 5.10 Å². The van der Waals surface area contributed by atoms with Crippen molar-refractivity contribution in [1.82, 2.24) is 9.99 Å². The Hall–Kier alpha value is -1.71. The molecule has 4 heteroatoms. The molecule has 0 N–H and O–H groups in total. The molecule has 15 heavy (non-hydrogen) atoms. The standard InChI is InChI=1S/C11H13N3O/c1-9-8-11(15)14(13-9)7-5-10-4-2-3-6-12-10/h2-4,6H,5,7-8H2,1H3. The Balaban J connectivity index is 1.92. The number of aromatic nitrogens is 1. The van der Waals surface area contributed by atoms with Crippen LogP contribution < -0.4 is 0 Å². The summed E-state index contributed by atoms with van der Waals surface area (Å²) in [4.78, 5) is 15.6. The van der Waals surface area contributed by atoms with Gasteiger partial charge in [0.1, 0.15) is 0 Å². The SMILES string of the molecule is CC1=NN(CCc2ccccn2)C(=O)C1. The van der Waals surface area contributed by atoms with Crippen molar-refractivity contribution in [3.63, 3.8) is 0 Å². The van der Waals surface area contributed by atoms with E-state index < -0.39 is 0 Å². The quantitative estimate of drug-likeness (QED) is 0.741. The summed E-state index contributed by atoms with van der Waals surface area (Å²) in [6.45, 7) is 2.49. The largest absolute Gasteiger partial charge is 0.273 e. The molecule has 78 valence electrons. The van der Waals surface area contributed by atoms with Crippen LogP contribution in [0, 0.1) is 0 Å². The van der Waals surface area contributed by atoms with Crippen molar-refractivity contribution in [2.24, 2.45) is 5.10 Å². The lowest BCUT2D eigenvalue weighted by atomic mass is 10.2. The lowest BCUT2D eigenvalue weighted by Gasteiger charge is -2.10. The van der Waals surface area contributed by atoms with Gasteiger partial charge in [0.15, 0.2) is 0 Å². The van der Waals surface area contributed by atoms with Crippen LogP contribution in [0.1, 0.15) is 19.0 Å². The molecule has 0 fully saturated rings. The van der Waals surface area contributed by atoms with Crippen LogP contribution in [0.5, 0.6) is 0 Å². The van der Waals surface area contributed by atoms with Gasteiger partial charge in [-0.1, -0.05) is 6.07 Å². The first-order valence-corrected chi connectivity index (χ1v) is 5.00. The molecule has 0 aromatic carbocycles. The molecule has 0 saturated heterocycles. The number of carbonyl (C=O) groups excluding carboxylic acids is 1. The monoisotopic (exact) mass is 203 g/mol. The van der Waals surface area contributed by atoms with Crippen molar-refractivity contribution in [2.45, 2.75) is 19.8 Å². The van der Waals surface area contributed by atoms with Gasteiger partial charge >= 0.3 is 0 Å². The summed E-state index contributed by atoms with van der Waals surface area (Å²) in [5.74, 6) is 0.0865. The first-order valence-electron chi connectivity index (χ1n) is 5.00. The zero-order valence-electron chi connectivity index (χ0n) is 8.68. The van der Waals surface area contributed by atoms with E-state index in [-0.39, 0.29) is 5.91 Å². The molecule has 1 amide bonds. The summed E-state index contributed by atoms with van der Waals surface area (Å²) < 4.78 is 0. The van der Waals surface area contributed by atoms with Crippen LogP contribution in [0.4, 0.5) is 0 Å². The highest BCUT2D eigenvalue weighted by Gasteiger charge is 2.20. The maximum atomic E-state index is 11.4. The molecule has 2 heterocycles. The van der Waals surface area contributed by atoms with Gasteiger partial charge < -0.3 is 0 Å². The van der Waals surface area contributed by atoms with Crippen LogP contribution in [0.3, 0.4) is 0 Å². The molecular weight excluding hydrogens is 190 g/mol. The van der Waals surface area contributed by atoms with E-state index in [9.17, 15) is 4.79 Å². The van der Waals surface area contributed by atoms with Gasteiger partial charge in [0.25, 0.3) is 0 Å². The first-order chi connectivity index (χ1) is 7.25. The zero-order chi connectivity index (χ0) is 10.7. The summed E-state index contributed by atoms with van der Waals surface area (Å²) in [7, 11) is 0. The number of rotatable bonds is 3. The Morgan fingerprint density at radius 2 is 2.33 bits per heavy atom. The Bertz CT molecular complexity index is 386. The third-order valence-corrected chi connectivity index (χ3v) is 2.29. The number of pyridine rings is 1. The molecule has 0 atom stereocenters. The summed E-state index contributed by atoms with van der Waals surface area (Å²) in [5, 5.41) is 5.69. The van der Waals surface area contributed by atoms with Crippen molar-refractivity contribution < 1.29 is 4.79 Å². The molecule has 1 aliphatic heterocycles. The fraction of sp³-hybridized carbons (Fsp3) is 0.364. The minimum Gasteiger partial charge on any atom is -0.273 e. The highest BCUT2D eigenvalue weighted by Crippen LogP contribution is 2.08. The van der Waals surface area contributed by atoms with Gasteiger partial charge in [0.05, 0.1) is 13.0 Å². The molecule has 1 aromatic rings. The fourth-order valence-corrected chi connectivity index (χ4v) is 1.55. The van der Waals surface area contributed by atoms with Crippen molar-refractivity contribution >= 4 is 11.6 Å². The lowest BCUT2D eigenvalue weighted by molar-refractivity contribution is -0.128. The van der Waals surface area contributed by atoms with E-state index in [0.717, 1.165) is 17.8 Å². The number of carbonyl (C=O) groups is 1. The third-order valence-electron chi connectivity index (χ3n) is 2.29. The summed E-state index contributed by atoms with van der Waals surface area (Å²) in [6.07, 6.45) is 2.97. The minimum atomic E-state index is 0.0865. The molecule has 2 rings (SSSR count). The average molecular weight is 203 g/mol. The first kappa shape index (κ1) is 9.83. The highest BCUT2D eigenvalue weighted by atomic mass is 16.2. The predicted molar refractivity (Wildman–Crippen MR) is 57.4 cm³/mol. The molecule has 0 spiro atoms. The molecule has 4 nitrogen and oxygen atoms in total. The molecular formula is C11H13N3O. The summed E-state index contributed by atoms with van der Waals surface area (Å²) in [6, 6.07) is 5.78. The van der Waals surface area contributed by atoms with Gasteiger partial charge in [0.2, 0.25) is 5.91 Å². The Morgan fingerprint density at radius 1 is 1.47 bits per heavy atom. The molecule has 1 aromatic heterocycles. The molecule has 0 aliphatic carbocycles. The summed E-state index contributed by atoms with van der Waals surface area (Å²) in [5.41, 5.74) is 1.88. The zero-order valence-corrected chi connectivity index (χ0v) is 8.68. The van der Waals surface area contributed by atoms with Gasteiger partial charge in [-0.25, -0.2) is 5.01 Å². The van der Waals surface area contributed by atoms with E-state index in [1.165, 1.54) is 5.01 Å². The normalized spacial score (nSPS) is 15.7. The number of hydrogen-bond acceptors (Lipinski definition) is 3. The van der Waals surface area contributed by atoms with Crippen LogP contribution in [-0.2, 0) is 11.2 Å². The van der Waals surface area contributed by atoms with Gasteiger partial charge in [-0.3, -0.25) is 9.78 Å². The second kappa shape index (κ2) is 4.21. The lowest BCUT2D eigenvalue weighted by Crippen LogP contribution is -2.23. The Kier molecular flexibility index (Phi) is 2.76. The van der Waals surface area contributed by atoms with E-state index in [0.29, 0.717) is 13.0 Å². The average Bonchev–Trinajstić information content (AvgIpc) is 2.56. The van der Waals surface area contributed by atoms with Gasteiger partial charge in [-0.05, 0) is 19.1 Å². The number of hydrogen-bond donors (Lipinski definition) is 0. The Morgan fingerprint density at radius 3 is 2.93 bits per heavy atom. The van der Waals surface area contributed by atoms with E-state index >= 15 is 0 Å². The maximum absolute atomic E-state index is 11.4. The van der Waals surface area contributed by atoms with E-state index in [2.05, 4.69) is 10.1 Å². The fourth-order valence-electron chi connectivity index (χ4n) is 1.55. The third kappa shape index (κ3) is 2.40. The van der Waals surface area contributed by atoms with Crippen molar-refractivity contribution in [1.29, 1.82) is 0 Å². The number of amides is 1. The number of nitrogens with zero attached hydrogens (tertiary/aromatic N) is 3. The second-order valence-corrected chi connectivity index (χ2v) is 3.60. The minimum absolute atomic E-state index is 0.0865. The van der Waals surface area contributed by atoms with Crippen LogP contribution in [0.2, 0.25) is 0 Å². The summed E-state index contributed by atoms with van der Waals surface area (Å²) >= 11 is 0. The van der Waals surface area contributed by atoms with Crippen LogP contribution >= 0.6 is 0 Å². The van der Waals surface area contributed by atoms with E-state index in [4.69, 9.17) is 0 Å². The van der Waals surface area contributed by atoms with E-state index in [1.54, 1.807) is 6.20 Å². The van der Waals surface area contributed by atoms with Crippen molar-refractivity contribution in [3.05, 3.63) is 30.1 Å². The molecule has 0 bridgehead atoms. The van der Waals surface area contributed by atoms with Crippen LogP contribution in [-0.4, -0.2) is 28.2 Å². The topological polar surface area (TPSA) is 45.6 Å². The smallest absolute Gasteiger partial charge is 0.248 e. The Labute approximate surface area is 88.6 Å². The molecule has 1 aliphatic rings. The van der Waals surface area contributed by atoms with Crippen LogP contribution in [0.25, 0.3) is 0 Å². The predicted octanol–water partition coefficient (Wildman–Crippen LogP) is 1.23. The maximum Gasteiger partial charge on any atom is 0.248 e. The van der Waals surface area contributed by atoms with Crippen molar-refractivity contribution in [2.75, 3.05) is 6.54 Å². The highest BCUT2D eigenvalue weighted by molar-refractivity contribution is 6.03. The van der Waals surface area contributed by atoms with Gasteiger partial charge in [-0.15, -0.1) is 0 Å². The molecule has 0 unspecified atom stereocenters. The molecule has 0 radical (unpaired) electrons. The van der Waals surface area contributed by atoms with Gasteiger partial charge in [0, 0.05) is 24.0 Å². The van der Waals surface area contributed by atoms with E-state index in [1.807, 2.05) is 25.1 Å².